The maximum absolute atomic E-state index is 15.4. The summed E-state index contributed by atoms with van der Waals surface area (Å²) in [5, 5.41) is 3.83. The van der Waals surface area contributed by atoms with E-state index >= 15 is 4.39 Å². The van der Waals surface area contributed by atoms with Crippen LogP contribution in [0.4, 0.5) is 10.2 Å². The molecule has 0 spiro atoms. The second-order valence-electron chi connectivity index (χ2n) is 6.59. The number of nitrogens with one attached hydrogen (secondary N) is 2. The highest BCUT2D eigenvalue weighted by Crippen LogP contribution is 2.30. The van der Waals surface area contributed by atoms with Crippen LogP contribution < -0.4 is 5.32 Å². The number of aromatic nitrogens is 5. The topological polar surface area (TPSA) is 79.4 Å². The summed E-state index contributed by atoms with van der Waals surface area (Å²) >= 11 is 0. The van der Waals surface area contributed by atoms with Gasteiger partial charge in [-0.2, -0.15) is 0 Å². The van der Waals surface area contributed by atoms with E-state index in [1.165, 1.54) is 6.33 Å². The number of halogens is 1. The molecule has 1 aromatic carbocycles. The van der Waals surface area contributed by atoms with E-state index < -0.39 is 0 Å². The second kappa shape index (κ2) is 7.26. The zero-order valence-electron chi connectivity index (χ0n) is 15.3. The standard InChI is InChI=1S/C20H21FN6/c1-3-4-8-15-16(17(21)13-7-5-6-9-14(13)27-15)12(2)26-20-18-19(23-10-22-18)24-11-25-20/h5-7,9-12H,3-4,8H2,1-2H3,(H2,22,23,24,25,26). The number of imidazole rings is 1. The number of para-hydroxylation sites is 1. The molecule has 0 radical (unpaired) electrons. The van der Waals surface area contributed by atoms with Gasteiger partial charge in [-0.25, -0.2) is 19.3 Å². The SMILES string of the molecule is CCCCc1nc2ccccc2c(F)c1C(C)Nc1ncnc2[nH]cnc12. The Morgan fingerprint density at radius 2 is 2.04 bits per heavy atom. The van der Waals surface area contributed by atoms with Crippen molar-refractivity contribution in [3.05, 3.63) is 54.0 Å². The van der Waals surface area contributed by atoms with E-state index in [1.54, 1.807) is 12.4 Å². The molecule has 7 heteroatoms. The Balaban J connectivity index is 1.78. The van der Waals surface area contributed by atoms with Crippen molar-refractivity contribution >= 4 is 27.9 Å². The zero-order valence-corrected chi connectivity index (χ0v) is 15.3. The molecular formula is C20H21FN6. The summed E-state index contributed by atoms with van der Waals surface area (Å²) in [7, 11) is 0. The number of aryl methyl sites for hydroxylation is 1. The summed E-state index contributed by atoms with van der Waals surface area (Å²) < 4.78 is 15.4. The van der Waals surface area contributed by atoms with Crippen molar-refractivity contribution in [2.45, 2.75) is 39.2 Å². The van der Waals surface area contributed by atoms with Gasteiger partial charge in [0.05, 0.1) is 17.9 Å². The van der Waals surface area contributed by atoms with E-state index in [0.717, 1.165) is 25.0 Å². The molecule has 2 N–H and O–H groups in total. The Labute approximate surface area is 156 Å². The monoisotopic (exact) mass is 364 g/mol. The van der Waals surface area contributed by atoms with Crippen LogP contribution in [-0.2, 0) is 6.42 Å². The average molecular weight is 364 g/mol. The van der Waals surface area contributed by atoms with Crippen molar-refractivity contribution in [1.29, 1.82) is 0 Å². The highest BCUT2D eigenvalue weighted by Gasteiger charge is 2.21. The van der Waals surface area contributed by atoms with Crippen LogP contribution in [0.3, 0.4) is 0 Å². The van der Waals surface area contributed by atoms with Crippen LogP contribution in [0, 0.1) is 5.82 Å². The van der Waals surface area contributed by atoms with Gasteiger partial charge in [-0.3, -0.25) is 4.98 Å². The number of aromatic amines is 1. The van der Waals surface area contributed by atoms with Gasteiger partial charge in [0.25, 0.3) is 0 Å². The lowest BCUT2D eigenvalue weighted by Crippen LogP contribution is -2.15. The van der Waals surface area contributed by atoms with Crippen LogP contribution in [0.25, 0.3) is 22.1 Å². The molecule has 1 unspecified atom stereocenters. The number of anilines is 1. The fourth-order valence-electron chi connectivity index (χ4n) is 3.36. The zero-order chi connectivity index (χ0) is 18.8. The lowest BCUT2D eigenvalue weighted by atomic mass is 9.99. The van der Waals surface area contributed by atoms with E-state index in [2.05, 4.69) is 32.2 Å². The van der Waals surface area contributed by atoms with Crippen molar-refractivity contribution in [2.75, 3.05) is 5.32 Å². The number of rotatable bonds is 6. The van der Waals surface area contributed by atoms with Crippen LogP contribution in [0.15, 0.2) is 36.9 Å². The normalized spacial score (nSPS) is 12.6. The molecule has 27 heavy (non-hydrogen) atoms. The molecule has 0 aliphatic heterocycles. The van der Waals surface area contributed by atoms with Crippen molar-refractivity contribution in [2.24, 2.45) is 0 Å². The molecule has 138 valence electrons. The molecule has 0 saturated carbocycles. The lowest BCUT2D eigenvalue weighted by molar-refractivity contribution is 0.600. The minimum atomic E-state index is -0.316. The molecular weight excluding hydrogens is 343 g/mol. The number of unbranched alkanes of at least 4 members (excludes halogenated alkanes) is 1. The first-order valence-corrected chi connectivity index (χ1v) is 9.16. The summed E-state index contributed by atoms with van der Waals surface area (Å²) in [6.07, 6.45) is 5.75. The molecule has 0 amide bonds. The maximum atomic E-state index is 15.4. The number of nitrogens with zero attached hydrogens (tertiary/aromatic N) is 4. The Bertz CT molecular complexity index is 1090. The summed E-state index contributed by atoms with van der Waals surface area (Å²) in [5.41, 5.74) is 3.34. The Morgan fingerprint density at radius 3 is 2.89 bits per heavy atom. The Kier molecular flexibility index (Phi) is 4.66. The molecule has 0 fully saturated rings. The second-order valence-corrected chi connectivity index (χ2v) is 6.59. The van der Waals surface area contributed by atoms with Crippen molar-refractivity contribution in [1.82, 2.24) is 24.9 Å². The highest BCUT2D eigenvalue weighted by atomic mass is 19.1. The van der Waals surface area contributed by atoms with Gasteiger partial charge < -0.3 is 10.3 Å². The average Bonchev–Trinajstić information content (AvgIpc) is 3.16. The van der Waals surface area contributed by atoms with Gasteiger partial charge in [0, 0.05) is 16.6 Å². The van der Waals surface area contributed by atoms with E-state index in [0.29, 0.717) is 33.4 Å². The van der Waals surface area contributed by atoms with Gasteiger partial charge in [0.2, 0.25) is 0 Å². The smallest absolute Gasteiger partial charge is 0.162 e. The Morgan fingerprint density at radius 1 is 1.19 bits per heavy atom. The molecule has 0 aliphatic rings. The quantitative estimate of drug-likeness (QED) is 0.524. The molecule has 4 aromatic rings. The van der Waals surface area contributed by atoms with E-state index in [9.17, 15) is 0 Å². The molecule has 1 atom stereocenters. The first-order valence-electron chi connectivity index (χ1n) is 9.16. The molecule has 4 rings (SSSR count). The summed E-state index contributed by atoms with van der Waals surface area (Å²) in [4.78, 5) is 20.4. The van der Waals surface area contributed by atoms with Gasteiger partial charge in [-0.1, -0.05) is 25.5 Å². The summed E-state index contributed by atoms with van der Waals surface area (Å²) in [6.45, 7) is 4.04. The molecule has 3 heterocycles. The van der Waals surface area contributed by atoms with Crippen LogP contribution in [-0.4, -0.2) is 24.9 Å². The number of hydrogen-bond acceptors (Lipinski definition) is 5. The third-order valence-electron chi connectivity index (χ3n) is 4.71. The molecule has 0 bridgehead atoms. The largest absolute Gasteiger partial charge is 0.361 e. The number of H-pyrrole nitrogens is 1. The van der Waals surface area contributed by atoms with E-state index in [4.69, 9.17) is 4.98 Å². The predicted molar refractivity (Wildman–Crippen MR) is 104 cm³/mol. The van der Waals surface area contributed by atoms with Gasteiger partial charge in [0.1, 0.15) is 17.7 Å². The maximum Gasteiger partial charge on any atom is 0.162 e. The van der Waals surface area contributed by atoms with Crippen LogP contribution in [0.5, 0.6) is 0 Å². The van der Waals surface area contributed by atoms with Crippen LogP contribution in [0.2, 0.25) is 0 Å². The summed E-state index contributed by atoms with van der Waals surface area (Å²) in [6, 6.07) is 7.03. The molecule has 3 aromatic heterocycles. The van der Waals surface area contributed by atoms with E-state index in [-0.39, 0.29) is 11.9 Å². The van der Waals surface area contributed by atoms with Gasteiger partial charge >= 0.3 is 0 Å². The Hall–Kier alpha value is -3.09. The fraction of sp³-hybridized carbons (Fsp3) is 0.300. The highest BCUT2D eigenvalue weighted by molar-refractivity contribution is 5.83. The molecule has 6 nitrogen and oxygen atoms in total. The fourth-order valence-corrected chi connectivity index (χ4v) is 3.36. The van der Waals surface area contributed by atoms with Crippen molar-refractivity contribution in [3.8, 4) is 0 Å². The molecule has 0 aliphatic carbocycles. The predicted octanol–water partition coefficient (Wildman–Crippen LogP) is 4.56. The van der Waals surface area contributed by atoms with Gasteiger partial charge in [0.15, 0.2) is 11.5 Å². The third kappa shape index (κ3) is 3.20. The minimum Gasteiger partial charge on any atom is -0.361 e. The number of hydrogen-bond donors (Lipinski definition) is 2. The van der Waals surface area contributed by atoms with Gasteiger partial charge in [-0.05, 0) is 31.9 Å². The lowest BCUT2D eigenvalue weighted by Gasteiger charge is -2.20. The number of fused-ring (bicyclic) bond motifs is 2. The number of pyridine rings is 1. The minimum absolute atomic E-state index is 0.223. The van der Waals surface area contributed by atoms with E-state index in [1.807, 2.05) is 25.1 Å². The van der Waals surface area contributed by atoms with Crippen LogP contribution >= 0.6 is 0 Å². The van der Waals surface area contributed by atoms with Gasteiger partial charge in [-0.15, -0.1) is 0 Å². The van der Waals surface area contributed by atoms with Crippen molar-refractivity contribution in [3.63, 3.8) is 0 Å². The number of benzene rings is 1. The van der Waals surface area contributed by atoms with Crippen molar-refractivity contribution < 1.29 is 4.39 Å². The summed E-state index contributed by atoms with van der Waals surface area (Å²) in [5.74, 6) is 0.349. The first-order chi connectivity index (χ1) is 13.2. The first kappa shape index (κ1) is 17.3. The third-order valence-corrected chi connectivity index (χ3v) is 4.71. The molecule has 0 saturated heterocycles. The van der Waals surface area contributed by atoms with Crippen LogP contribution in [0.1, 0.15) is 44.0 Å².